The van der Waals surface area contributed by atoms with E-state index in [0.29, 0.717) is 0 Å². The van der Waals surface area contributed by atoms with Crippen LogP contribution in [0.5, 0.6) is 0 Å². The van der Waals surface area contributed by atoms with E-state index in [1.807, 2.05) is 55.5 Å². The van der Waals surface area contributed by atoms with Crippen LogP contribution in [0.2, 0.25) is 0 Å². The van der Waals surface area contributed by atoms with E-state index in [1.54, 1.807) is 0 Å². The number of benzene rings is 1. The first-order chi connectivity index (χ1) is 9.31. The van der Waals surface area contributed by atoms with E-state index in [4.69, 9.17) is 0 Å². The van der Waals surface area contributed by atoms with E-state index in [0.717, 1.165) is 16.9 Å². The second-order valence-corrected chi connectivity index (χ2v) is 4.54. The molecule has 0 bridgehead atoms. The number of aromatic nitrogens is 3. The van der Waals surface area contributed by atoms with Crippen molar-refractivity contribution in [1.29, 1.82) is 0 Å². The Morgan fingerprint density at radius 3 is 2.68 bits per heavy atom. The van der Waals surface area contributed by atoms with Crippen molar-refractivity contribution in [2.24, 2.45) is 7.05 Å². The fourth-order valence-electron chi connectivity index (χ4n) is 2.42. The summed E-state index contributed by atoms with van der Waals surface area (Å²) >= 11 is 0. The highest BCUT2D eigenvalue weighted by Gasteiger charge is 2.19. The molecule has 2 heterocycles. The normalized spacial score (nSPS) is 12.7. The smallest absolute Gasteiger partial charge is 0.131 e. The van der Waals surface area contributed by atoms with Crippen LogP contribution < -0.4 is 5.32 Å². The zero-order chi connectivity index (χ0) is 13.2. The van der Waals surface area contributed by atoms with Crippen molar-refractivity contribution < 1.29 is 0 Å². The number of nitrogens with one attached hydrogen (secondary N) is 1. The van der Waals surface area contributed by atoms with E-state index in [2.05, 4.69) is 27.4 Å². The van der Waals surface area contributed by atoms with E-state index in [1.165, 1.54) is 5.39 Å². The molecule has 0 saturated heterocycles. The molecule has 4 heteroatoms. The van der Waals surface area contributed by atoms with Gasteiger partial charge in [0.05, 0.1) is 5.69 Å². The average Bonchev–Trinajstić information content (AvgIpc) is 2.86. The fourth-order valence-corrected chi connectivity index (χ4v) is 2.42. The molecule has 4 nitrogen and oxygen atoms in total. The van der Waals surface area contributed by atoms with Crippen LogP contribution in [-0.4, -0.2) is 21.6 Å². The van der Waals surface area contributed by atoms with Gasteiger partial charge in [0.1, 0.15) is 11.9 Å². The van der Waals surface area contributed by atoms with Crippen molar-refractivity contribution in [3.63, 3.8) is 0 Å². The molecule has 1 unspecified atom stereocenters. The maximum atomic E-state index is 4.56. The lowest BCUT2D eigenvalue weighted by molar-refractivity contribution is 0.607. The Labute approximate surface area is 112 Å². The standard InChI is InChI=1S/C15H16N4/c1-16-14(15-18-9-10-19(15)2)13-12-6-4-3-5-11(12)7-8-17-13/h3-10,14,16H,1-2H3. The molecule has 0 fully saturated rings. The quantitative estimate of drug-likeness (QED) is 0.777. The summed E-state index contributed by atoms with van der Waals surface area (Å²) in [6.45, 7) is 0. The van der Waals surface area contributed by atoms with Gasteiger partial charge in [-0.25, -0.2) is 4.98 Å². The molecule has 0 saturated carbocycles. The van der Waals surface area contributed by atoms with Crippen LogP contribution in [0.15, 0.2) is 48.9 Å². The number of rotatable bonds is 3. The van der Waals surface area contributed by atoms with Crippen molar-refractivity contribution >= 4 is 10.8 Å². The summed E-state index contributed by atoms with van der Waals surface area (Å²) in [5.74, 6) is 0.964. The largest absolute Gasteiger partial charge is 0.336 e. The first-order valence-corrected chi connectivity index (χ1v) is 6.29. The van der Waals surface area contributed by atoms with Crippen LogP contribution in [0, 0.1) is 0 Å². The van der Waals surface area contributed by atoms with Crippen LogP contribution in [0.4, 0.5) is 0 Å². The first kappa shape index (κ1) is 11.9. The molecular weight excluding hydrogens is 236 g/mol. The predicted octanol–water partition coefficient (Wildman–Crippen LogP) is 2.28. The maximum absolute atomic E-state index is 4.56. The zero-order valence-corrected chi connectivity index (χ0v) is 11.0. The lowest BCUT2D eigenvalue weighted by Gasteiger charge is -2.17. The molecule has 0 aliphatic rings. The predicted molar refractivity (Wildman–Crippen MR) is 75.9 cm³/mol. The van der Waals surface area contributed by atoms with Gasteiger partial charge in [0.25, 0.3) is 0 Å². The summed E-state index contributed by atoms with van der Waals surface area (Å²) < 4.78 is 2.02. The van der Waals surface area contributed by atoms with E-state index in [-0.39, 0.29) is 6.04 Å². The number of fused-ring (bicyclic) bond motifs is 1. The minimum atomic E-state index is -0.00824. The van der Waals surface area contributed by atoms with Crippen LogP contribution in [0.3, 0.4) is 0 Å². The molecule has 0 amide bonds. The summed E-state index contributed by atoms with van der Waals surface area (Å²) in [4.78, 5) is 8.99. The van der Waals surface area contributed by atoms with Gasteiger partial charge in [-0.1, -0.05) is 24.3 Å². The van der Waals surface area contributed by atoms with Gasteiger partial charge in [0, 0.05) is 31.0 Å². The second kappa shape index (κ2) is 4.82. The number of nitrogens with zero attached hydrogens (tertiary/aromatic N) is 3. The summed E-state index contributed by atoms with van der Waals surface area (Å²) in [7, 11) is 3.93. The van der Waals surface area contributed by atoms with Gasteiger partial charge in [-0.15, -0.1) is 0 Å². The lowest BCUT2D eigenvalue weighted by Crippen LogP contribution is -2.22. The third-order valence-corrected chi connectivity index (χ3v) is 3.38. The molecule has 1 N–H and O–H groups in total. The third-order valence-electron chi connectivity index (χ3n) is 3.38. The summed E-state index contributed by atoms with van der Waals surface area (Å²) in [6, 6.07) is 10.3. The molecular formula is C15H16N4. The third kappa shape index (κ3) is 2.00. The van der Waals surface area contributed by atoms with Crippen molar-refractivity contribution in [1.82, 2.24) is 19.9 Å². The lowest BCUT2D eigenvalue weighted by atomic mass is 10.0. The van der Waals surface area contributed by atoms with Crippen LogP contribution in [0.25, 0.3) is 10.8 Å². The molecule has 1 atom stereocenters. The number of aryl methyl sites for hydroxylation is 1. The minimum absolute atomic E-state index is 0.00824. The van der Waals surface area contributed by atoms with Gasteiger partial charge in [0.2, 0.25) is 0 Å². The van der Waals surface area contributed by atoms with Crippen molar-refractivity contribution in [2.75, 3.05) is 7.05 Å². The molecule has 0 spiro atoms. The highest BCUT2D eigenvalue weighted by Crippen LogP contribution is 2.25. The molecule has 0 aliphatic carbocycles. The van der Waals surface area contributed by atoms with Crippen molar-refractivity contribution in [3.8, 4) is 0 Å². The first-order valence-electron chi connectivity index (χ1n) is 6.29. The SMILES string of the molecule is CNC(c1nccc2ccccc12)c1nccn1C. The zero-order valence-electron chi connectivity index (χ0n) is 11.0. The fraction of sp³-hybridized carbons (Fsp3) is 0.200. The number of hydrogen-bond acceptors (Lipinski definition) is 3. The van der Waals surface area contributed by atoms with Gasteiger partial charge < -0.3 is 9.88 Å². The van der Waals surface area contributed by atoms with Gasteiger partial charge in [0.15, 0.2) is 0 Å². The molecule has 3 rings (SSSR count). The highest BCUT2D eigenvalue weighted by atomic mass is 15.1. The molecule has 19 heavy (non-hydrogen) atoms. The van der Waals surface area contributed by atoms with E-state index in [9.17, 15) is 0 Å². The van der Waals surface area contributed by atoms with Gasteiger partial charge in [-0.2, -0.15) is 0 Å². The number of imidazole rings is 1. The summed E-state index contributed by atoms with van der Waals surface area (Å²) in [6.07, 6.45) is 5.61. The Morgan fingerprint density at radius 2 is 1.95 bits per heavy atom. The Bertz CT molecular complexity index is 697. The molecule has 0 aliphatic heterocycles. The maximum Gasteiger partial charge on any atom is 0.131 e. The van der Waals surface area contributed by atoms with Gasteiger partial charge >= 0.3 is 0 Å². The van der Waals surface area contributed by atoms with Gasteiger partial charge in [-0.3, -0.25) is 4.98 Å². The molecule has 1 aromatic carbocycles. The molecule has 96 valence electrons. The monoisotopic (exact) mass is 252 g/mol. The molecule has 2 aromatic heterocycles. The number of pyridine rings is 1. The Balaban J connectivity index is 2.20. The summed E-state index contributed by atoms with van der Waals surface area (Å²) in [5.41, 5.74) is 1.01. The Hall–Kier alpha value is -2.20. The van der Waals surface area contributed by atoms with Crippen molar-refractivity contribution in [2.45, 2.75) is 6.04 Å². The Morgan fingerprint density at radius 1 is 1.11 bits per heavy atom. The van der Waals surface area contributed by atoms with E-state index >= 15 is 0 Å². The highest BCUT2D eigenvalue weighted by molar-refractivity contribution is 5.84. The van der Waals surface area contributed by atoms with Crippen LogP contribution >= 0.6 is 0 Å². The average molecular weight is 252 g/mol. The van der Waals surface area contributed by atoms with Crippen LogP contribution in [-0.2, 0) is 7.05 Å². The van der Waals surface area contributed by atoms with Gasteiger partial charge in [-0.05, 0) is 18.5 Å². The minimum Gasteiger partial charge on any atom is -0.336 e. The molecule has 3 aromatic rings. The van der Waals surface area contributed by atoms with Crippen LogP contribution in [0.1, 0.15) is 17.6 Å². The topological polar surface area (TPSA) is 42.7 Å². The summed E-state index contributed by atoms with van der Waals surface area (Å²) in [5, 5.41) is 5.66. The Kier molecular flexibility index (Phi) is 3.01. The van der Waals surface area contributed by atoms with E-state index < -0.39 is 0 Å². The second-order valence-electron chi connectivity index (χ2n) is 4.54. The molecule has 0 radical (unpaired) electrons. The number of hydrogen-bond donors (Lipinski definition) is 1. The van der Waals surface area contributed by atoms with Crippen molar-refractivity contribution in [3.05, 3.63) is 60.4 Å².